The van der Waals surface area contributed by atoms with Gasteiger partial charge in [0.1, 0.15) is 17.7 Å². The van der Waals surface area contributed by atoms with Gasteiger partial charge in [-0.05, 0) is 13.3 Å². The molecule has 2 fully saturated rings. The van der Waals surface area contributed by atoms with Crippen LogP contribution in [0.5, 0.6) is 0 Å². The predicted octanol–water partition coefficient (Wildman–Crippen LogP) is 2.62. The topological polar surface area (TPSA) is 69.7 Å². The van der Waals surface area contributed by atoms with Crippen LogP contribution in [0.4, 0.5) is 0 Å². The zero-order chi connectivity index (χ0) is 17.0. The summed E-state index contributed by atoms with van der Waals surface area (Å²) in [6.07, 6.45) is 3.68. The summed E-state index contributed by atoms with van der Waals surface area (Å²) in [6.45, 7) is 1.79. The molecule has 23 heavy (non-hydrogen) atoms. The molecule has 1 heterocycles. The minimum atomic E-state index is -1.11. The minimum absolute atomic E-state index is 0.0162. The maximum Gasteiger partial charge on any atom is 0.306 e. The van der Waals surface area contributed by atoms with Crippen molar-refractivity contribution >= 4 is 41.7 Å². The Morgan fingerprint density at radius 2 is 2.13 bits per heavy atom. The van der Waals surface area contributed by atoms with Gasteiger partial charge in [0.05, 0.1) is 12.5 Å². The second kappa shape index (κ2) is 8.51. The van der Waals surface area contributed by atoms with Crippen molar-refractivity contribution in [2.75, 3.05) is 0 Å². The summed E-state index contributed by atoms with van der Waals surface area (Å²) >= 11 is 0. The average molecular weight is 354 g/mol. The molecule has 2 aliphatic rings. The lowest BCUT2D eigenvalue weighted by molar-refractivity contribution is -0.141. The molecule has 0 aromatic heterocycles. The molecule has 2 rings (SSSR count). The highest BCUT2D eigenvalue weighted by Gasteiger charge is 2.47. The van der Waals surface area contributed by atoms with Gasteiger partial charge < -0.3 is 9.26 Å². The van der Waals surface area contributed by atoms with Crippen LogP contribution in [-0.2, 0) is 23.6 Å². The van der Waals surface area contributed by atoms with E-state index in [1.54, 1.807) is 6.92 Å². The monoisotopic (exact) mass is 354 g/mol. The molecule has 5 nitrogen and oxygen atoms in total. The van der Waals surface area contributed by atoms with E-state index in [4.69, 9.17) is 16.8 Å². The number of fused-ring (bicyclic) bond motifs is 1. The fourth-order valence-electron chi connectivity index (χ4n) is 3.06. The number of carbonyl (C=O) groups is 3. The van der Waals surface area contributed by atoms with Crippen LogP contribution in [-0.4, -0.2) is 37.3 Å². The molecule has 0 bridgehead atoms. The van der Waals surface area contributed by atoms with Gasteiger partial charge in [0.25, 0.3) is 0 Å². The Hall–Kier alpha value is -0.565. The molecular weight excluding hydrogens is 333 g/mol. The van der Waals surface area contributed by atoms with Crippen molar-refractivity contribution < 1.29 is 23.6 Å². The number of hydrogen-bond donors (Lipinski definition) is 0. The van der Waals surface area contributed by atoms with E-state index in [-0.39, 0.29) is 48.5 Å². The average Bonchev–Trinajstić information content (AvgIpc) is 2.97. The van der Waals surface area contributed by atoms with E-state index in [0.29, 0.717) is 25.7 Å². The van der Waals surface area contributed by atoms with E-state index in [1.165, 1.54) is 0 Å². The van der Waals surface area contributed by atoms with Gasteiger partial charge in [0, 0.05) is 38.0 Å². The molecule has 8 heteroatoms. The van der Waals surface area contributed by atoms with Crippen LogP contribution in [0.3, 0.4) is 0 Å². The highest BCUT2D eigenvalue weighted by Crippen LogP contribution is 2.49. The first-order valence-electron chi connectivity index (χ1n) is 7.79. The Morgan fingerprint density at radius 3 is 2.78 bits per heavy atom. The zero-order valence-corrected chi connectivity index (χ0v) is 15.2. The van der Waals surface area contributed by atoms with Gasteiger partial charge in [0.2, 0.25) is 0 Å². The van der Waals surface area contributed by atoms with Crippen molar-refractivity contribution in [3.63, 3.8) is 0 Å². The first-order chi connectivity index (χ1) is 10.9. The lowest BCUT2D eigenvalue weighted by Crippen LogP contribution is -2.12. The van der Waals surface area contributed by atoms with Gasteiger partial charge in [-0.2, -0.15) is 0 Å². The number of allylic oxidation sites excluding steroid dienone is 1. The lowest BCUT2D eigenvalue weighted by Gasteiger charge is -2.18. The van der Waals surface area contributed by atoms with Crippen LogP contribution >= 0.6 is 16.6 Å². The fourth-order valence-corrected chi connectivity index (χ4v) is 4.01. The second-order valence-electron chi connectivity index (χ2n) is 5.87. The van der Waals surface area contributed by atoms with Gasteiger partial charge in [0.15, 0.2) is 7.57 Å². The van der Waals surface area contributed by atoms with Crippen molar-refractivity contribution in [1.82, 2.24) is 0 Å². The molecule has 1 saturated heterocycles. The van der Waals surface area contributed by atoms with Gasteiger partial charge in [-0.25, -0.2) is 0 Å². The highest BCUT2D eigenvalue weighted by atomic mass is 32.0. The van der Waals surface area contributed by atoms with E-state index in [1.807, 2.05) is 6.08 Å². The molecule has 124 valence electrons. The Morgan fingerprint density at radius 1 is 1.43 bits per heavy atom. The number of ketones is 2. The number of carbonyl (C=O) groups excluding carboxylic acids is 3. The Balaban J connectivity index is 1.98. The van der Waals surface area contributed by atoms with Crippen molar-refractivity contribution in [3.05, 3.63) is 11.6 Å². The van der Waals surface area contributed by atoms with Crippen LogP contribution in [0.25, 0.3) is 0 Å². The van der Waals surface area contributed by atoms with E-state index in [9.17, 15) is 14.4 Å². The van der Waals surface area contributed by atoms with Crippen LogP contribution in [0.1, 0.15) is 45.4 Å². The van der Waals surface area contributed by atoms with E-state index >= 15 is 0 Å². The fraction of sp³-hybridized carbons (Fsp3) is 0.667. The number of ether oxygens (including phenoxy) is 1. The minimum Gasteiger partial charge on any atom is -0.462 e. The molecule has 0 N–H and O–H groups in total. The SMILES string of the molecule is [B]P(P)O[C@H]1C[C@@H]2OC(=O)CC2C1=CCC(=O)CCC(=O)CC. The third-order valence-electron chi connectivity index (χ3n) is 4.26. The molecule has 0 aromatic carbocycles. The summed E-state index contributed by atoms with van der Waals surface area (Å²) in [6, 6.07) is 0. The molecule has 0 aromatic rings. The Bertz CT molecular complexity index is 520. The van der Waals surface area contributed by atoms with E-state index in [0.717, 1.165) is 5.57 Å². The summed E-state index contributed by atoms with van der Waals surface area (Å²) in [5.74, 6) is -0.102. The van der Waals surface area contributed by atoms with Crippen LogP contribution < -0.4 is 0 Å². The van der Waals surface area contributed by atoms with E-state index < -0.39 is 7.72 Å². The lowest BCUT2D eigenvalue weighted by atomic mass is 9.96. The van der Waals surface area contributed by atoms with Crippen molar-refractivity contribution in [2.45, 2.75) is 57.7 Å². The summed E-state index contributed by atoms with van der Waals surface area (Å²) in [4.78, 5) is 34.7. The van der Waals surface area contributed by atoms with Crippen LogP contribution in [0.2, 0.25) is 0 Å². The Labute approximate surface area is 141 Å². The largest absolute Gasteiger partial charge is 0.462 e. The molecule has 0 amide bonds. The molecule has 0 spiro atoms. The van der Waals surface area contributed by atoms with Gasteiger partial charge in [-0.15, -0.1) is 0 Å². The normalized spacial score (nSPS) is 29.4. The summed E-state index contributed by atoms with van der Waals surface area (Å²) in [5.41, 5.74) is 0.941. The summed E-state index contributed by atoms with van der Waals surface area (Å²) in [5, 5.41) is 0. The third-order valence-corrected chi connectivity index (χ3v) is 5.12. The van der Waals surface area contributed by atoms with Crippen LogP contribution in [0.15, 0.2) is 11.6 Å². The maximum atomic E-state index is 11.9. The number of rotatable bonds is 8. The quantitative estimate of drug-likeness (QED) is 0.290. The molecule has 1 aliphatic heterocycles. The third kappa shape index (κ3) is 5.21. The number of esters is 1. The molecule has 3 unspecified atom stereocenters. The van der Waals surface area contributed by atoms with Crippen molar-refractivity contribution in [3.8, 4) is 0 Å². The van der Waals surface area contributed by atoms with E-state index in [2.05, 4.69) is 8.93 Å². The standard InChI is InChI=1S/C15H21BO5P2/c1-2-9(17)3-4-10(18)5-6-11-12-7-15(19)20-13(12)8-14(11)21-23(16)22/h6,12-14H,2-5,7-8,22H2,1H3/t12?,13-,14-,23?/m0/s1. The number of Topliss-reactive ketones (excluding diaryl/α,β-unsaturated/α-hetero) is 2. The van der Waals surface area contributed by atoms with Crippen molar-refractivity contribution in [2.24, 2.45) is 5.92 Å². The summed E-state index contributed by atoms with van der Waals surface area (Å²) < 4.78 is 11.0. The van der Waals surface area contributed by atoms with Gasteiger partial charge in [-0.3, -0.25) is 14.4 Å². The summed E-state index contributed by atoms with van der Waals surface area (Å²) in [7, 11) is 7.06. The predicted molar refractivity (Wildman–Crippen MR) is 92.1 cm³/mol. The first kappa shape index (κ1) is 18.8. The smallest absolute Gasteiger partial charge is 0.306 e. The maximum absolute atomic E-state index is 11.9. The second-order valence-corrected chi connectivity index (χ2v) is 8.33. The van der Waals surface area contributed by atoms with Crippen molar-refractivity contribution in [1.29, 1.82) is 0 Å². The van der Waals surface area contributed by atoms with Gasteiger partial charge in [-0.1, -0.05) is 21.9 Å². The molecule has 1 saturated carbocycles. The highest BCUT2D eigenvalue weighted by molar-refractivity contribution is 8.23. The Kier molecular flexibility index (Phi) is 6.94. The molecule has 2 radical (unpaired) electrons. The zero-order valence-electron chi connectivity index (χ0n) is 13.2. The first-order valence-corrected chi connectivity index (χ1v) is 10.7. The van der Waals surface area contributed by atoms with Gasteiger partial charge >= 0.3 is 5.97 Å². The molecular formula is C15H21BO5P2. The molecule has 5 atom stereocenters. The van der Waals surface area contributed by atoms with Crippen LogP contribution in [0, 0.1) is 5.92 Å². The number of hydrogen-bond acceptors (Lipinski definition) is 5. The molecule has 1 aliphatic carbocycles.